The minimum atomic E-state index is -0.166. The second-order valence-electron chi connectivity index (χ2n) is 8.91. The van der Waals surface area contributed by atoms with Gasteiger partial charge in [-0.3, -0.25) is 14.4 Å². The molecule has 0 saturated carbocycles. The van der Waals surface area contributed by atoms with E-state index in [1.807, 2.05) is 16.3 Å². The number of piperidine rings is 2. The zero-order valence-corrected chi connectivity index (χ0v) is 22.2. The van der Waals surface area contributed by atoms with E-state index in [2.05, 4.69) is 16.5 Å². The van der Waals surface area contributed by atoms with Crippen LogP contribution in [0.2, 0.25) is 0 Å². The maximum absolute atomic E-state index is 13.2. The number of carbonyl (C=O) groups excluding carboxylic acids is 3. The molecule has 8 nitrogen and oxygen atoms in total. The lowest BCUT2D eigenvalue weighted by molar-refractivity contribution is -0.149. The third kappa shape index (κ3) is 6.15. The molecule has 0 unspecified atom stereocenters. The van der Waals surface area contributed by atoms with E-state index in [1.165, 1.54) is 23.1 Å². The summed E-state index contributed by atoms with van der Waals surface area (Å²) in [5, 5.41) is 3.53. The number of likely N-dealkylation sites (tertiary alicyclic amines) is 2. The van der Waals surface area contributed by atoms with Crippen LogP contribution in [0, 0.1) is 5.92 Å². The van der Waals surface area contributed by atoms with Crippen molar-refractivity contribution in [2.45, 2.75) is 43.6 Å². The summed E-state index contributed by atoms with van der Waals surface area (Å²) in [4.78, 5) is 50.8. The van der Waals surface area contributed by atoms with Crippen molar-refractivity contribution in [1.29, 1.82) is 0 Å². The second-order valence-corrected chi connectivity index (χ2v) is 10.8. The number of esters is 1. The topological polar surface area (TPSA) is 92.7 Å². The molecular formula is C26H32N4O4S2. The van der Waals surface area contributed by atoms with Gasteiger partial charge in [0.2, 0.25) is 0 Å². The number of thiazole rings is 1. The molecule has 2 aliphatic heterocycles. The average molecular weight is 529 g/mol. The van der Waals surface area contributed by atoms with E-state index in [0.29, 0.717) is 62.6 Å². The van der Waals surface area contributed by atoms with Crippen LogP contribution in [0.3, 0.4) is 0 Å². The largest absolute Gasteiger partial charge is 0.466 e. The molecule has 0 spiro atoms. The number of amides is 2. The predicted molar refractivity (Wildman–Crippen MR) is 140 cm³/mol. The van der Waals surface area contributed by atoms with Gasteiger partial charge in [0.1, 0.15) is 10.7 Å². The first-order valence-electron chi connectivity index (χ1n) is 12.4. The van der Waals surface area contributed by atoms with Crippen LogP contribution in [0.25, 0.3) is 0 Å². The van der Waals surface area contributed by atoms with Gasteiger partial charge in [-0.2, -0.15) is 0 Å². The van der Waals surface area contributed by atoms with Gasteiger partial charge in [0.25, 0.3) is 11.8 Å². The maximum atomic E-state index is 13.2. The van der Waals surface area contributed by atoms with Gasteiger partial charge in [0.15, 0.2) is 0 Å². The fourth-order valence-electron chi connectivity index (χ4n) is 4.62. The lowest BCUT2D eigenvalue weighted by atomic mass is 9.96. The van der Waals surface area contributed by atoms with Gasteiger partial charge in [-0.05, 0) is 44.7 Å². The summed E-state index contributed by atoms with van der Waals surface area (Å²) in [6, 6.07) is 3.63. The Labute approximate surface area is 220 Å². The van der Waals surface area contributed by atoms with Crippen molar-refractivity contribution < 1.29 is 19.1 Å². The van der Waals surface area contributed by atoms with Crippen LogP contribution < -0.4 is 0 Å². The smallest absolute Gasteiger partial charge is 0.309 e. The fourth-order valence-corrected chi connectivity index (χ4v) is 6.31. The van der Waals surface area contributed by atoms with Gasteiger partial charge in [0, 0.05) is 49.4 Å². The molecule has 2 aromatic rings. The normalized spacial score (nSPS) is 17.1. The Bertz CT molecular complexity index is 1090. The van der Waals surface area contributed by atoms with Gasteiger partial charge in [-0.15, -0.1) is 29.7 Å². The number of thioether (sulfide) groups is 1. The molecule has 0 bridgehead atoms. The number of rotatable bonds is 8. The Hall–Kier alpha value is -2.72. The Balaban J connectivity index is 1.31. The van der Waals surface area contributed by atoms with Crippen molar-refractivity contribution in [3.8, 4) is 0 Å². The number of pyridine rings is 1. The molecule has 0 aliphatic carbocycles. The van der Waals surface area contributed by atoms with Gasteiger partial charge >= 0.3 is 5.97 Å². The van der Waals surface area contributed by atoms with Crippen molar-refractivity contribution in [3.05, 3.63) is 52.6 Å². The number of hydrogen-bond acceptors (Lipinski definition) is 8. The number of nitrogens with zero attached hydrogens (tertiary/aromatic N) is 4. The summed E-state index contributed by atoms with van der Waals surface area (Å²) in [7, 11) is 0. The van der Waals surface area contributed by atoms with Gasteiger partial charge in [-0.25, -0.2) is 9.97 Å². The van der Waals surface area contributed by atoms with Gasteiger partial charge in [0.05, 0.1) is 23.1 Å². The van der Waals surface area contributed by atoms with Crippen LogP contribution in [0.15, 0.2) is 41.4 Å². The molecule has 2 aliphatic rings. The summed E-state index contributed by atoms with van der Waals surface area (Å²) in [5.41, 5.74) is 1.11. The average Bonchev–Trinajstić information content (AvgIpc) is 3.42. The highest BCUT2D eigenvalue weighted by atomic mass is 32.2. The van der Waals surface area contributed by atoms with E-state index in [0.717, 1.165) is 22.9 Å². The Morgan fingerprint density at radius 2 is 1.83 bits per heavy atom. The summed E-state index contributed by atoms with van der Waals surface area (Å²) in [6.45, 7) is 8.30. The standard InChI is InChI=1S/C26H32N4O4S2/c1-3-16-35-23-20(6-5-11-27-23)24(31)29-12-7-18(8-13-29)22-28-21(17-36-22)25(32)30-14-9-19(10-15-30)26(33)34-4-2/h3,5-6,11,17-19H,1,4,7-10,12-16H2,2H3. The Kier molecular flexibility index (Phi) is 9.14. The van der Waals surface area contributed by atoms with E-state index < -0.39 is 0 Å². The molecule has 2 aromatic heterocycles. The van der Waals surface area contributed by atoms with E-state index >= 15 is 0 Å². The number of ether oxygens (including phenoxy) is 1. The van der Waals surface area contributed by atoms with E-state index in [4.69, 9.17) is 4.74 Å². The number of aromatic nitrogens is 2. The quantitative estimate of drug-likeness (QED) is 0.287. The van der Waals surface area contributed by atoms with Crippen molar-refractivity contribution in [1.82, 2.24) is 19.8 Å². The third-order valence-electron chi connectivity index (χ3n) is 6.61. The molecule has 2 saturated heterocycles. The molecule has 10 heteroatoms. The van der Waals surface area contributed by atoms with Crippen LogP contribution in [0.1, 0.15) is 64.4 Å². The molecule has 0 radical (unpaired) electrons. The highest BCUT2D eigenvalue weighted by Crippen LogP contribution is 2.32. The SMILES string of the molecule is C=CCSc1ncccc1C(=O)N1CCC(c2nc(C(=O)N3CCC(C(=O)OCC)CC3)cs2)CC1. The molecular weight excluding hydrogens is 496 g/mol. The summed E-state index contributed by atoms with van der Waals surface area (Å²) in [6.07, 6.45) is 6.38. The first-order valence-corrected chi connectivity index (χ1v) is 14.3. The highest BCUT2D eigenvalue weighted by Gasteiger charge is 2.31. The maximum Gasteiger partial charge on any atom is 0.309 e. The van der Waals surface area contributed by atoms with Crippen molar-refractivity contribution in [2.24, 2.45) is 5.92 Å². The zero-order valence-electron chi connectivity index (χ0n) is 20.6. The van der Waals surface area contributed by atoms with Crippen LogP contribution >= 0.6 is 23.1 Å². The van der Waals surface area contributed by atoms with Crippen molar-refractivity contribution >= 4 is 40.9 Å². The molecule has 2 fully saturated rings. The highest BCUT2D eigenvalue weighted by molar-refractivity contribution is 7.99. The lowest BCUT2D eigenvalue weighted by Gasteiger charge is -2.31. The third-order valence-corrected chi connectivity index (χ3v) is 8.62. The van der Waals surface area contributed by atoms with Crippen molar-refractivity contribution in [2.75, 3.05) is 38.5 Å². The number of hydrogen-bond donors (Lipinski definition) is 0. The first-order chi connectivity index (χ1) is 17.5. The van der Waals surface area contributed by atoms with E-state index in [-0.39, 0.29) is 29.6 Å². The molecule has 36 heavy (non-hydrogen) atoms. The molecule has 4 heterocycles. The molecule has 0 atom stereocenters. The molecule has 0 N–H and O–H groups in total. The Morgan fingerprint density at radius 1 is 1.14 bits per heavy atom. The van der Waals surface area contributed by atoms with Crippen molar-refractivity contribution in [3.63, 3.8) is 0 Å². The molecule has 192 valence electrons. The van der Waals surface area contributed by atoms with E-state index in [9.17, 15) is 14.4 Å². The monoisotopic (exact) mass is 528 g/mol. The summed E-state index contributed by atoms with van der Waals surface area (Å²) in [5.74, 6) is 0.576. The minimum Gasteiger partial charge on any atom is -0.466 e. The van der Waals surface area contributed by atoms with Crippen LogP contribution in [0.5, 0.6) is 0 Å². The van der Waals surface area contributed by atoms with Gasteiger partial charge in [-0.1, -0.05) is 6.08 Å². The van der Waals surface area contributed by atoms with Gasteiger partial charge < -0.3 is 14.5 Å². The van der Waals surface area contributed by atoms with E-state index in [1.54, 1.807) is 30.2 Å². The first kappa shape index (κ1) is 26.3. The zero-order chi connectivity index (χ0) is 25.5. The number of carbonyl (C=O) groups is 3. The molecule has 4 rings (SSSR count). The summed E-state index contributed by atoms with van der Waals surface area (Å²) < 4.78 is 5.12. The van der Waals surface area contributed by atoms with Crippen LogP contribution in [-0.4, -0.2) is 76.1 Å². The minimum absolute atomic E-state index is 0.00865. The second kappa shape index (κ2) is 12.5. The summed E-state index contributed by atoms with van der Waals surface area (Å²) >= 11 is 3.03. The van der Waals surface area contributed by atoms with Crippen LogP contribution in [0.4, 0.5) is 0 Å². The van der Waals surface area contributed by atoms with Crippen LogP contribution in [-0.2, 0) is 9.53 Å². The molecule has 2 amide bonds. The molecule has 0 aromatic carbocycles. The Morgan fingerprint density at radius 3 is 2.53 bits per heavy atom. The fraction of sp³-hybridized carbons (Fsp3) is 0.500. The predicted octanol–water partition coefficient (Wildman–Crippen LogP) is 4.25. The lowest BCUT2D eigenvalue weighted by Crippen LogP contribution is -2.40.